The standard InChI is InChI=1S/C6H6ClN3/c1-5-3-10(4-8)6(7)2-9-5/h2H,3H2,1H3. The van der Waals surface area contributed by atoms with E-state index in [2.05, 4.69) is 4.99 Å². The van der Waals surface area contributed by atoms with E-state index in [1.165, 1.54) is 11.1 Å². The minimum absolute atomic E-state index is 0.383. The summed E-state index contributed by atoms with van der Waals surface area (Å²) in [6.07, 6.45) is 3.41. The number of hydrogen-bond acceptors (Lipinski definition) is 3. The van der Waals surface area contributed by atoms with Gasteiger partial charge in [0.1, 0.15) is 5.16 Å². The van der Waals surface area contributed by atoms with Crippen molar-refractivity contribution in [1.82, 2.24) is 4.90 Å². The number of aliphatic imine (C=N–C) groups is 1. The zero-order chi connectivity index (χ0) is 7.56. The molecule has 0 saturated carbocycles. The van der Waals surface area contributed by atoms with Gasteiger partial charge in [-0.3, -0.25) is 9.89 Å². The fourth-order valence-corrected chi connectivity index (χ4v) is 0.808. The molecule has 0 unspecified atom stereocenters. The molecule has 0 aromatic rings. The first-order valence-corrected chi connectivity index (χ1v) is 3.18. The van der Waals surface area contributed by atoms with Crippen molar-refractivity contribution in [3.63, 3.8) is 0 Å². The van der Waals surface area contributed by atoms with Crippen molar-refractivity contribution in [3.05, 3.63) is 11.4 Å². The quantitative estimate of drug-likeness (QED) is 0.391. The van der Waals surface area contributed by atoms with Gasteiger partial charge in [-0.05, 0) is 6.92 Å². The molecule has 0 amide bonds. The molecule has 0 spiro atoms. The van der Waals surface area contributed by atoms with Crippen LogP contribution in [0.25, 0.3) is 0 Å². The van der Waals surface area contributed by atoms with Gasteiger partial charge in [0, 0.05) is 5.71 Å². The highest BCUT2D eigenvalue weighted by atomic mass is 35.5. The zero-order valence-corrected chi connectivity index (χ0v) is 6.26. The van der Waals surface area contributed by atoms with Gasteiger partial charge in [0.25, 0.3) is 0 Å². The predicted molar refractivity (Wildman–Crippen MR) is 39.4 cm³/mol. The second-order valence-electron chi connectivity index (χ2n) is 2.00. The number of rotatable bonds is 0. The highest BCUT2D eigenvalue weighted by Gasteiger charge is 2.10. The molecule has 0 N–H and O–H groups in total. The van der Waals surface area contributed by atoms with Crippen LogP contribution >= 0.6 is 11.6 Å². The van der Waals surface area contributed by atoms with Crippen LogP contribution in [0.4, 0.5) is 0 Å². The average molecular weight is 156 g/mol. The van der Waals surface area contributed by atoms with Crippen molar-refractivity contribution >= 4 is 17.3 Å². The Morgan fingerprint density at radius 1 is 1.90 bits per heavy atom. The third-order valence-corrected chi connectivity index (χ3v) is 1.46. The smallest absolute Gasteiger partial charge is 0.185 e. The summed E-state index contributed by atoms with van der Waals surface area (Å²) in [5, 5.41) is 8.86. The maximum absolute atomic E-state index is 8.47. The first-order valence-electron chi connectivity index (χ1n) is 2.80. The molecule has 0 aromatic heterocycles. The van der Waals surface area contributed by atoms with E-state index >= 15 is 0 Å². The topological polar surface area (TPSA) is 39.4 Å². The normalized spacial score (nSPS) is 17.5. The molecule has 0 saturated heterocycles. The van der Waals surface area contributed by atoms with E-state index in [0.717, 1.165) is 5.71 Å². The lowest BCUT2D eigenvalue weighted by atomic mass is 10.4. The van der Waals surface area contributed by atoms with Crippen LogP contribution in [0.3, 0.4) is 0 Å². The van der Waals surface area contributed by atoms with Gasteiger partial charge in [-0.15, -0.1) is 0 Å². The Balaban J connectivity index is 2.81. The molecular weight excluding hydrogens is 150 g/mol. The van der Waals surface area contributed by atoms with Crippen LogP contribution in [0.2, 0.25) is 0 Å². The molecule has 0 aliphatic carbocycles. The van der Waals surface area contributed by atoms with Gasteiger partial charge in [0.05, 0.1) is 12.7 Å². The van der Waals surface area contributed by atoms with E-state index in [9.17, 15) is 0 Å². The Morgan fingerprint density at radius 3 is 3.10 bits per heavy atom. The Labute approximate surface area is 64.2 Å². The van der Waals surface area contributed by atoms with E-state index in [4.69, 9.17) is 16.9 Å². The third-order valence-electron chi connectivity index (χ3n) is 1.16. The summed E-state index contributed by atoms with van der Waals surface area (Å²) in [5.74, 6) is 0. The number of nitriles is 1. The van der Waals surface area contributed by atoms with Crippen LogP contribution in [-0.2, 0) is 0 Å². The van der Waals surface area contributed by atoms with Crippen LogP contribution in [-0.4, -0.2) is 17.2 Å². The van der Waals surface area contributed by atoms with E-state index in [1.807, 2.05) is 13.1 Å². The van der Waals surface area contributed by atoms with Crippen molar-refractivity contribution in [2.24, 2.45) is 4.99 Å². The molecular formula is C6H6ClN3. The van der Waals surface area contributed by atoms with Crippen molar-refractivity contribution in [2.75, 3.05) is 6.54 Å². The van der Waals surface area contributed by atoms with E-state index < -0.39 is 0 Å². The lowest BCUT2D eigenvalue weighted by molar-refractivity contribution is 0.575. The number of nitrogens with zero attached hydrogens (tertiary/aromatic N) is 3. The Bertz CT molecular complexity index is 236. The monoisotopic (exact) mass is 155 g/mol. The summed E-state index contributed by atoms with van der Waals surface area (Å²) in [5.41, 5.74) is 0.894. The van der Waals surface area contributed by atoms with Crippen molar-refractivity contribution in [1.29, 1.82) is 5.26 Å². The van der Waals surface area contributed by atoms with Crippen molar-refractivity contribution < 1.29 is 0 Å². The van der Waals surface area contributed by atoms with Crippen molar-refractivity contribution in [3.8, 4) is 6.19 Å². The molecule has 0 atom stereocenters. The van der Waals surface area contributed by atoms with Crippen LogP contribution in [0.5, 0.6) is 0 Å². The van der Waals surface area contributed by atoms with Crippen LogP contribution in [0.1, 0.15) is 6.92 Å². The highest BCUT2D eigenvalue weighted by Crippen LogP contribution is 2.12. The molecule has 1 aliphatic heterocycles. The summed E-state index contributed by atoms with van der Waals surface area (Å²) in [7, 11) is 0. The first-order chi connectivity index (χ1) is 4.74. The highest BCUT2D eigenvalue weighted by molar-refractivity contribution is 6.29. The van der Waals surface area contributed by atoms with Crippen LogP contribution in [0.15, 0.2) is 16.3 Å². The van der Waals surface area contributed by atoms with Gasteiger partial charge in [-0.25, -0.2) is 0 Å². The molecule has 0 bridgehead atoms. The van der Waals surface area contributed by atoms with Gasteiger partial charge < -0.3 is 0 Å². The summed E-state index contributed by atoms with van der Waals surface area (Å²) >= 11 is 5.61. The molecule has 4 heteroatoms. The fraction of sp³-hybridized carbons (Fsp3) is 0.333. The summed E-state index contributed by atoms with van der Waals surface area (Å²) in [6.45, 7) is 2.36. The Hall–Kier alpha value is -1.01. The molecule has 0 radical (unpaired) electrons. The summed E-state index contributed by atoms with van der Waals surface area (Å²) < 4.78 is 0. The second-order valence-corrected chi connectivity index (χ2v) is 2.39. The maximum atomic E-state index is 8.47. The second kappa shape index (κ2) is 2.72. The fourth-order valence-electron chi connectivity index (χ4n) is 0.661. The number of halogens is 1. The molecule has 52 valence electrons. The van der Waals surface area contributed by atoms with Crippen molar-refractivity contribution in [2.45, 2.75) is 6.92 Å². The van der Waals surface area contributed by atoms with Gasteiger partial charge in [0.2, 0.25) is 0 Å². The van der Waals surface area contributed by atoms with E-state index in [1.54, 1.807) is 0 Å². The maximum Gasteiger partial charge on any atom is 0.185 e. The van der Waals surface area contributed by atoms with Gasteiger partial charge >= 0.3 is 0 Å². The minimum Gasteiger partial charge on any atom is -0.262 e. The first kappa shape index (κ1) is 7.10. The van der Waals surface area contributed by atoms with Gasteiger partial charge in [0.15, 0.2) is 6.19 Å². The molecule has 0 fully saturated rings. The molecule has 1 heterocycles. The lowest BCUT2D eigenvalue weighted by Gasteiger charge is -2.16. The molecule has 10 heavy (non-hydrogen) atoms. The molecule has 1 aliphatic rings. The molecule has 1 rings (SSSR count). The third kappa shape index (κ3) is 1.28. The SMILES string of the molecule is CC1=NC=C(Cl)N(C#N)C1. The van der Waals surface area contributed by atoms with Gasteiger partial charge in [-0.1, -0.05) is 11.6 Å². The lowest BCUT2D eigenvalue weighted by Crippen LogP contribution is -2.23. The van der Waals surface area contributed by atoms with Crippen LogP contribution < -0.4 is 0 Å². The summed E-state index contributed by atoms with van der Waals surface area (Å²) in [4.78, 5) is 5.32. The predicted octanol–water partition coefficient (Wildman–Crippen LogP) is 1.28. The Morgan fingerprint density at radius 2 is 2.60 bits per heavy atom. The summed E-state index contributed by atoms with van der Waals surface area (Å²) in [6, 6.07) is 0. The van der Waals surface area contributed by atoms with Crippen LogP contribution in [0, 0.1) is 11.5 Å². The zero-order valence-electron chi connectivity index (χ0n) is 5.50. The van der Waals surface area contributed by atoms with E-state index in [0.29, 0.717) is 11.7 Å². The average Bonchev–Trinajstić information content (AvgIpc) is 1.94. The van der Waals surface area contributed by atoms with E-state index in [-0.39, 0.29) is 0 Å². The number of hydrogen-bond donors (Lipinski definition) is 0. The van der Waals surface area contributed by atoms with Gasteiger partial charge in [-0.2, -0.15) is 5.26 Å². The molecule has 0 aromatic carbocycles. The largest absolute Gasteiger partial charge is 0.262 e. The Kier molecular flexibility index (Phi) is 1.93. The minimum atomic E-state index is 0.383. The molecule has 3 nitrogen and oxygen atoms in total.